The molecule has 0 amide bonds. The number of carboxylic acids is 2. The van der Waals surface area contributed by atoms with Crippen molar-refractivity contribution in [3.8, 4) is 11.5 Å². The molecule has 190 valence electrons. The van der Waals surface area contributed by atoms with E-state index in [4.69, 9.17) is 14.9 Å². The Balaban J connectivity index is 0.000000442. The fraction of sp³-hybridized carbons (Fsp3) is 0.214. The van der Waals surface area contributed by atoms with Crippen molar-refractivity contribution in [3.63, 3.8) is 0 Å². The summed E-state index contributed by atoms with van der Waals surface area (Å²) >= 11 is 0. The van der Waals surface area contributed by atoms with Crippen LogP contribution in [-0.4, -0.2) is 59.7 Å². The fourth-order valence-corrected chi connectivity index (χ4v) is 3.95. The van der Waals surface area contributed by atoms with E-state index in [2.05, 4.69) is 90.6 Å². The van der Waals surface area contributed by atoms with Crippen LogP contribution in [0.15, 0.2) is 91.0 Å². The second-order valence-corrected chi connectivity index (χ2v) is 8.28. The molecule has 1 atom stereocenters. The zero-order valence-corrected chi connectivity index (χ0v) is 20.4. The second-order valence-electron chi connectivity index (χ2n) is 8.28. The summed E-state index contributed by atoms with van der Waals surface area (Å²) in [7, 11) is 4.26. The van der Waals surface area contributed by atoms with Crippen LogP contribution in [0.2, 0.25) is 0 Å². The molecule has 0 spiro atoms. The summed E-state index contributed by atoms with van der Waals surface area (Å²) in [5, 5.41) is 15.6. The van der Waals surface area contributed by atoms with Crippen molar-refractivity contribution >= 4 is 17.6 Å². The van der Waals surface area contributed by atoms with E-state index in [1.807, 2.05) is 12.1 Å². The zero-order valence-electron chi connectivity index (χ0n) is 20.4. The van der Waals surface area contributed by atoms with Gasteiger partial charge in [0.15, 0.2) is 5.75 Å². The number of hydrogen-bond donors (Lipinski definition) is 2. The molecule has 4 N–H and O–H groups in total. The highest BCUT2D eigenvalue weighted by molar-refractivity contribution is 5.89. The van der Waals surface area contributed by atoms with Gasteiger partial charge in [0.25, 0.3) is 0 Å². The van der Waals surface area contributed by atoms with Gasteiger partial charge in [0.05, 0.1) is 11.7 Å². The minimum absolute atomic E-state index is 0. The quantitative estimate of drug-likeness (QED) is 0.473. The van der Waals surface area contributed by atoms with Gasteiger partial charge in [-0.25, -0.2) is 9.59 Å². The third-order valence-corrected chi connectivity index (χ3v) is 5.41. The van der Waals surface area contributed by atoms with Crippen molar-refractivity contribution in [3.05, 3.63) is 102 Å². The Labute approximate surface area is 211 Å². The van der Waals surface area contributed by atoms with E-state index < -0.39 is 11.9 Å². The molecule has 0 bridgehead atoms. The van der Waals surface area contributed by atoms with E-state index >= 15 is 0 Å². The molecule has 0 aromatic heterocycles. The van der Waals surface area contributed by atoms with Crippen LogP contribution < -0.4 is 9.64 Å². The zero-order chi connectivity index (χ0) is 25.2. The topological polar surface area (TPSA) is 122 Å². The van der Waals surface area contributed by atoms with Crippen molar-refractivity contribution in [1.82, 2.24) is 4.90 Å². The molecule has 8 heteroatoms. The number of carbonyl (C=O) groups is 2. The number of fused-ring (bicyclic) bond motifs is 2. The van der Waals surface area contributed by atoms with E-state index in [-0.39, 0.29) is 11.5 Å². The van der Waals surface area contributed by atoms with E-state index in [1.165, 1.54) is 11.1 Å². The van der Waals surface area contributed by atoms with Gasteiger partial charge < -0.3 is 30.2 Å². The number of nitrogens with zero attached hydrogens (tertiary/aromatic N) is 2. The molecule has 4 rings (SSSR count). The number of para-hydroxylation sites is 3. The average Bonchev–Trinajstić information content (AvgIpc) is 2.98. The van der Waals surface area contributed by atoms with Crippen LogP contribution in [0.25, 0.3) is 0 Å². The smallest absolute Gasteiger partial charge is 0.328 e. The maximum absolute atomic E-state index is 9.55. The highest BCUT2D eigenvalue weighted by atomic mass is 16.5. The van der Waals surface area contributed by atoms with Gasteiger partial charge in [0.1, 0.15) is 5.75 Å². The number of aliphatic carboxylic acids is 2. The molecule has 0 saturated heterocycles. The molecule has 0 fully saturated rings. The summed E-state index contributed by atoms with van der Waals surface area (Å²) in [5.74, 6) is -0.651. The minimum Gasteiger partial charge on any atom is -0.478 e. The first kappa shape index (κ1) is 28.1. The summed E-state index contributed by atoms with van der Waals surface area (Å²) < 4.78 is 6.36. The largest absolute Gasteiger partial charge is 0.478 e. The molecule has 1 aliphatic rings. The van der Waals surface area contributed by atoms with Crippen LogP contribution in [-0.2, 0) is 9.59 Å². The Morgan fingerprint density at radius 1 is 0.861 bits per heavy atom. The number of carboxylic acid groups (broad SMARTS) is 2. The van der Waals surface area contributed by atoms with E-state index in [1.54, 1.807) is 0 Å². The predicted molar refractivity (Wildman–Crippen MR) is 140 cm³/mol. The van der Waals surface area contributed by atoms with Crippen molar-refractivity contribution < 1.29 is 30.0 Å². The maximum Gasteiger partial charge on any atom is 0.328 e. The Bertz CT molecular complexity index is 1150. The lowest BCUT2D eigenvalue weighted by Gasteiger charge is -2.33. The summed E-state index contributed by atoms with van der Waals surface area (Å²) in [5.41, 5.74) is 3.65. The van der Waals surface area contributed by atoms with Crippen molar-refractivity contribution in [2.24, 2.45) is 0 Å². The van der Waals surface area contributed by atoms with Crippen molar-refractivity contribution in [2.75, 3.05) is 32.1 Å². The average molecular weight is 493 g/mol. The molecule has 36 heavy (non-hydrogen) atoms. The molecule has 3 aromatic carbocycles. The summed E-state index contributed by atoms with van der Waals surface area (Å²) in [6.07, 6.45) is 2.21. The molecule has 8 nitrogen and oxygen atoms in total. The van der Waals surface area contributed by atoms with Gasteiger partial charge in [-0.2, -0.15) is 0 Å². The van der Waals surface area contributed by atoms with Crippen LogP contribution in [0, 0.1) is 0 Å². The standard InChI is InChI=1S/C24H26N2O.C4H4O4.H2O/c1-25(2)17-10-18-26-21-14-7-9-16-23(21)27-22-15-8-6-13-20(22)24(26)19-11-4-3-5-12-19;5-3(6)1-2-4(7)8;/h3-9,11-16,24H,10,17-18H2,1-2H3;1-2H,(H,5,6)(H,7,8);1H2/b;2-1+;. The minimum atomic E-state index is -1.26. The molecular formula is C28H32N2O6. The molecule has 1 heterocycles. The van der Waals surface area contributed by atoms with Gasteiger partial charge in [-0.1, -0.05) is 60.7 Å². The highest BCUT2D eigenvalue weighted by Gasteiger charge is 2.30. The van der Waals surface area contributed by atoms with Crippen LogP contribution in [0.1, 0.15) is 23.6 Å². The SMILES string of the molecule is CN(C)CCCN1c2ccccc2Oc2ccccc2C1c1ccccc1.O.O=C(O)/C=C/C(=O)O. The first-order valence-electron chi connectivity index (χ1n) is 11.3. The normalized spacial score (nSPS) is 13.9. The second kappa shape index (κ2) is 13.7. The van der Waals surface area contributed by atoms with E-state index in [9.17, 15) is 9.59 Å². The van der Waals surface area contributed by atoms with Gasteiger partial charge in [0.2, 0.25) is 0 Å². The third-order valence-electron chi connectivity index (χ3n) is 5.41. The number of benzene rings is 3. The third kappa shape index (κ3) is 7.69. The molecular weight excluding hydrogens is 460 g/mol. The first-order chi connectivity index (χ1) is 16.9. The number of hydrogen-bond acceptors (Lipinski definition) is 5. The lowest BCUT2D eigenvalue weighted by molar-refractivity contribution is -0.134. The highest BCUT2D eigenvalue weighted by Crippen LogP contribution is 2.46. The van der Waals surface area contributed by atoms with E-state index in [0.29, 0.717) is 12.2 Å². The Morgan fingerprint density at radius 2 is 1.42 bits per heavy atom. The Kier molecular flexibility index (Phi) is 10.7. The molecule has 0 radical (unpaired) electrons. The monoisotopic (exact) mass is 492 g/mol. The van der Waals surface area contributed by atoms with Crippen molar-refractivity contribution in [1.29, 1.82) is 0 Å². The van der Waals surface area contributed by atoms with Crippen LogP contribution >= 0.6 is 0 Å². The molecule has 1 aliphatic heterocycles. The van der Waals surface area contributed by atoms with Crippen LogP contribution in [0.4, 0.5) is 5.69 Å². The van der Waals surface area contributed by atoms with Crippen molar-refractivity contribution in [2.45, 2.75) is 12.5 Å². The first-order valence-corrected chi connectivity index (χ1v) is 11.3. The molecule has 0 aliphatic carbocycles. The predicted octanol–water partition coefficient (Wildman–Crippen LogP) is 4.23. The van der Waals surface area contributed by atoms with Gasteiger partial charge in [0, 0.05) is 24.3 Å². The summed E-state index contributed by atoms with van der Waals surface area (Å²) in [4.78, 5) is 23.8. The summed E-state index contributed by atoms with van der Waals surface area (Å²) in [6.45, 7) is 2.02. The Morgan fingerprint density at radius 3 is 2.03 bits per heavy atom. The van der Waals surface area contributed by atoms with Crippen LogP contribution in [0.5, 0.6) is 11.5 Å². The van der Waals surface area contributed by atoms with Gasteiger partial charge in [-0.05, 0) is 50.8 Å². The number of anilines is 1. The van der Waals surface area contributed by atoms with Crippen LogP contribution in [0.3, 0.4) is 0 Å². The lowest BCUT2D eigenvalue weighted by atomic mass is 9.95. The Hall–Kier alpha value is -4.14. The number of rotatable bonds is 7. The molecule has 3 aromatic rings. The molecule has 0 saturated carbocycles. The molecule has 1 unspecified atom stereocenters. The fourth-order valence-electron chi connectivity index (χ4n) is 3.95. The number of ether oxygens (including phenoxy) is 1. The summed E-state index contributed by atoms with van der Waals surface area (Å²) in [6, 6.07) is 27.7. The van der Waals surface area contributed by atoms with Gasteiger partial charge >= 0.3 is 11.9 Å². The lowest BCUT2D eigenvalue weighted by Crippen LogP contribution is -2.31. The van der Waals surface area contributed by atoms with E-state index in [0.717, 1.165) is 36.7 Å². The maximum atomic E-state index is 9.55. The van der Waals surface area contributed by atoms with Gasteiger partial charge in [-0.15, -0.1) is 0 Å². The van der Waals surface area contributed by atoms with Gasteiger partial charge in [-0.3, -0.25) is 0 Å².